The van der Waals surface area contributed by atoms with Crippen molar-refractivity contribution >= 4 is 17.5 Å². The second-order valence-corrected chi connectivity index (χ2v) is 7.10. The van der Waals surface area contributed by atoms with Crippen LogP contribution in [0.15, 0.2) is 54.6 Å². The monoisotopic (exact) mass is 383 g/mol. The summed E-state index contributed by atoms with van der Waals surface area (Å²) in [4.78, 5) is 28.5. The first-order valence-corrected chi connectivity index (χ1v) is 9.62. The Morgan fingerprint density at radius 2 is 1.89 bits per heavy atom. The Morgan fingerprint density at radius 3 is 2.61 bits per heavy atom. The van der Waals surface area contributed by atoms with E-state index in [-0.39, 0.29) is 17.6 Å². The Labute approximate surface area is 165 Å². The molecule has 0 radical (unpaired) electrons. The third kappa shape index (κ3) is 5.09. The minimum Gasteiger partial charge on any atom is -0.375 e. The molecule has 2 amide bonds. The summed E-state index contributed by atoms with van der Waals surface area (Å²) in [5.74, 6) is -0.463. The molecule has 0 unspecified atom stereocenters. The molecule has 1 saturated heterocycles. The fraction of sp³-hybridized carbons (Fsp3) is 0.364. The Morgan fingerprint density at radius 1 is 1.18 bits per heavy atom. The lowest BCUT2D eigenvalue weighted by Gasteiger charge is -2.24. The van der Waals surface area contributed by atoms with Crippen molar-refractivity contribution in [2.75, 3.05) is 25.0 Å². The van der Waals surface area contributed by atoms with Gasteiger partial charge in [0.15, 0.2) is 0 Å². The second-order valence-electron chi connectivity index (χ2n) is 7.10. The van der Waals surface area contributed by atoms with E-state index in [9.17, 15) is 14.0 Å². The number of para-hydroxylation sites is 1. The van der Waals surface area contributed by atoms with Crippen molar-refractivity contribution in [1.29, 1.82) is 0 Å². The Bertz CT molecular complexity index is 795. The number of nitrogens with zero attached hydrogens (tertiary/aromatic N) is 2. The van der Waals surface area contributed by atoms with Crippen LogP contribution in [0.4, 0.5) is 10.1 Å². The van der Waals surface area contributed by atoms with Gasteiger partial charge in [-0.2, -0.15) is 0 Å². The zero-order valence-corrected chi connectivity index (χ0v) is 16.1. The highest BCUT2D eigenvalue weighted by Crippen LogP contribution is 2.22. The van der Waals surface area contributed by atoms with Crippen molar-refractivity contribution in [1.82, 2.24) is 10.2 Å². The molecule has 1 aliphatic rings. The lowest BCUT2D eigenvalue weighted by atomic mass is 10.1. The smallest absolute Gasteiger partial charge is 0.242 e. The van der Waals surface area contributed by atoms with Crippen molar-refractivity contribution < 1.29 is 14.0 Å². The van der Waals surface area contributed by atoms with Crippen molar-refractivity contribution in [3.8, 4) is 0 Å². The SMILES string of the molecule is CN(CCCNC(=O)[C@H]1CCC(=O)N1Cc1ccc(F)cc1)c1ccccc1. The van der Waals surface area contributed by atoms with Crippen LogP contribution in [0.25, 0.3) is 0 Å². The molecule has 1 atom stereocenters. The number of anilines is 1. The molecule has 28 heavy (non-hydrogen) atoms. The Kier molecular flexibility index (Phi) is 6.63. The number of hydrogen-bond donors (Lipinski definition) is 1. The standard InChI is InChI=1S/C22H26FN3O2/c1-25(19-6-3-2-4-7-19)15-5-14-24-22(28)20-12-13-21(27)26(20)16-17-8-10-18(23)11-9-17/h2-4,6-11,20H,5,12-16H2,1H3,(H,24,28)/t20-/m1/s1. The summed E-state index contributed by atoms with van der Waals surface area (Å²) in [7, 11) is 2.03. The Balaban J connectivity index is 1.47. The molecule has 0 aromatic heterocycles. The number of likely N-dealkylation sites (tertiary alicyclic amines) is 1. The fourth-order valence-electron chi connectivity index (χ4n) is 3.45. The van der Waals surface area contributed by atoms with Gasteiger partial charge in [-0.3, -0.25) is 9.59 Å². The van der Waals surface area contributed by atoms with E-state index >= 15 is 0 Å². The Hall–Kier alpha value is -2.89. The lowest BCUT2D eigenvalue weighted by molar-refractivity contribution is -0.135. The van der Waals surface area contributed by atoms with Gasteiger partial charge in [0.1, 0.15) is 11.9 Å². The van der Waals surface area contributed by atoms with Gasteiger partial charge in [0.25, 0.3) is 0 Å². The number of halogens is 1. The average Bonchev–Trinajstić information content (AvgIpc) is 3.07. The van der Waals surface area contributed by atoms with Crippen LogP contribution in [0.3, 0.4) is 0 Å². The van der Waals surface area contributed by atoms with E-state index in [1.54, 1.807) is 17.0 Å². The quantitative estimate of drug-likeness (QED) is 0.713. The number of hydrogen-bond acceptors (Lipinski definition) is 3. The van der Waals surface area contributed by atoms with E-state index < -0.39 is 6.04 Å². The van der Waals surface area contributed by atoms with E-state index in [4.69, 9.17) is 0 Å². The maximum absolute atomic E-state index is 13.1. The highest BCUT2D eigenvalue weighted by atomic mass is 19.1. The van der Waals surface area contributed by atoms with Gasteiger partial charge >= 0.3 is 0 Å². The topological polar surface area (TPSA) is 52.7 Å². The third-order valence-corrected chi connectivity index (χ3v) is 5.06. The molecule has 3 rings (SSSR count). The van der Waals surface area contributed by atoms with Gasteiger partial charge in [0.05, 0.1) is 0 Å². The van der Waals surface area contributed by atoms with Gasteiger partial charge in [0, 0.05) is 38.8 Å². The molecule has 2 aromatic rings. The molecule has 1 heterocycles. The minimum absolute atomic E-state index is 0.0340. The third-order valence-electron chi connectivity index (χ3n) is 5.06. The number of amides is 2. The number of carbonyl (C=O) groups is 2. The van der Waals surface area contributed by atoms with Crippen LogP contribution < -0.4 is 10.2 Å². The molecule has 6 heteroatoms. The van der Waals surface area contributed by atoms with Crippen LogP contribution in [-0.2, 0) is 16.1 Å². The van der Waals surface area contributed by atoms with Crippen molar-refractivity contribution in [3.63, 3.8) is 0 Å². The fourth-order valence-corrected chi connectivity index (χ4v) is 3.45. The van der Waals surface area contributed by atoms with Gasteiger partial charge < -0.3 is 15.1 Å². The highest BCUT2D eigenvalue weighted by molar-refractivity contribution is 5.90. The maximum atomic E-state index is 13.1. The number of benzene rings is 2. The van der Waals surface area contributed by atoms with E-state index in [0.29, 0.717) is 25.9 Å². The van der Waals surface area contributed by atoms with E-state index in [2.05, 4.69) is 22.3 Å². The predicted molar refractivity (Wildman–Crippen MR) is 107 cm³/mol. The zero-order chi connectivity index (χ0) is 19.9. The molecule has 0 spiro atoms. The maximum Gasteiger partial charge on any atom is 0.242 e. The molecular weight excluding hydrogens is 357 g/mol. The minimum atomic E-state index is -0.454. The van der Waals surface area contributed by atoms with E-state index in [1.165, 1.54) is 12.1 Å². The van der Waals surface area contributed by atoms with Crippen molar-refractivity contribution in [3.05, 3.63) is 66.0 Å². The van der Waals surface area contributed by atoms with Gasteiger partial charge in [0.2, 0.25) is 11.8 Å². The molecule has 1 aliphatic heterocycles. The zero-order valence-electron chi connectivity index (χ0n) is 16.1. The summed E-state index contributed by atoms with van der Waals surface area (Å²) in [6, 6.07) is 15.7. The van der Waals surface area contributed by atoms with Crippen molar-refractivity contribution in [2.24, 2.45) is 0 Å². The summed E-state index contributed by atoms with van der Waals surface area (Å²) >= 11 is 0. The normalized spacial score (nSPS) is 16.3. The molecule has 1 N–H and O–H groups in total. The number of rotatable bonds is 8. The number of carbonyl (C=O) groups excluding carboxylic acids is 2. The molecule has 0 bridgehead atoms. The van der Waals surface area contributed by atoms with Gasteiger partial charge in [-0.25, -0.2) is 4.39 Å². The van der Waals surface area contributed by atoms with Crippen LogP contribution in [0, 0.1) is 5.82 Å². The summed E-state index contributed by atoms with van der Waals surface area (Å²) < 4.78 is 13.1. The molecule has 2 aromatic carbocycles. The van der Waals surface area contributed by atoms with Crippen LogP contribution in [-0.4, -0.2) is 42.9 Å². The first-order chi connectivity index (χ1) is 13.5. The lowest BCUT2D eigenvalue weighted by Crippen LogP contribution is -2.44. The first-order valence-electron chi connectivity index (χ1n) is 9.62. The van der Waals surface area contributed by atoms with Crippen LogP contribution in [0.2, 0.25) is 0 Å². The van der Waals surface area contributed by atoms with Crippen LogP contribution in [0.5, 0.6) is 0 Å². The molecule has 148 valence electrons. The van der Waals surface area contributed by atoms with Gasteiger partial charge in [-0.05, 0) is 42.7 Å². The predicted octanol–water partition coefficient (Wildman–Crippen LogP) is 2.96. The molecule has 1 fully saturated rings. The largest absolute Gasteiger partial charge is 0.375 e. The second kappa shape index (κ2) is 9.35. The average molecular weight is 383 g/mol. The van der Waals surface area contributed by atoms with E-state index in [0.717, 1.165) is 24.2 Å². The van der Waals surface area contributed by atoms with Crippen molar-refractivity contribution in [2.45, 2.75) is 31.8 Å². The van der Waals surface area contributed by atoms with Gasteiger partial charge in [-0.15, -0.1) is 0 Å². The molecule has 5 nitrogen and oxygen atoms in total. The van der Waals surface area contributed by atoms with Crippen LogP contribution >= 0.6 is 0 Å². The molecule has 0 aliphatic carbocycles. The van der Waals surface area contributed by atoms with Gasteiger partial charge in [-0.1, -0.05) is 30.3 Å². The molecular formula is C22H26FN3O2. The summed E-state index contributed by atoms with van der Waals surface area (Å²) in [5, 5.41) is 2.96. The first kappa shape index (κ1) is 19.9. The highest BCUT2D eigenvalue weighted by Gasteiger charge is 2.35. The summed E-state index contributed by atoms with van der Waals surface area (Å²) in [6.07, 6.45) is 1.71. The summed E-state index contributed by atoms with van der Waals surface area (Å²) in [5.41, 5.74) is 1.96. The van der Waals surface area contributed by atoms with Crippen LogP contribution in [0.1, 0.15) is 24.8 Å². The summed E-state index contributed by atoms with van der Waals surface area (Å²) in [6.45, 7) is 1.71. The molecule has 0 saturated carbocycles. The van der Waals surface area contributed by atoms with E-state index in [1.807, 2.05) is 25.2 Å². The number of nitrogens with one attached hydrogen (secondary N) is 1.